The summed E-state index contributed by atoms with van der Waals surface area (Å²) in [6.07, 6.45) is 0. The number of hydrogen-bond donors (Lipinski definition) is 3. The third kappa shape index (κ3) is 4.44. The number of amides is 2. The van der Waals surface area contributed by atoms with Crippen molar-refractivity contribution < 1.29 is 4.79 Å². The lowest BCUT2D eigenvalue weighted by Crippen LogP contribution is -2.35. The van der Waals surface area contributed by atoms with Crippen molar-refractivity contribution in [3.05, 3.63) is 16.6 Å². The molecule has 13 heavy (non-hydrogen) atoms. The third-order valence-corrected chi connectivity index (χ3v) is 2.03. The van der Waals surface area contributed by atoms with Gasteiger partial charge in [-0.25, -0.2) is 9.78 Å². The van der Waals surface area contributed by atoms with Gasteiger partial charge in [0.05, 0.1) is 11.2 Å². The average molecular weight is 200 g/mol. The molecule has 1 rings (SSSR count). The Morgan fingerprint density at radius 2 is 2.46 bits per heavy atom. The van der Waals surface area contributed by atoms with E-state index in [1.54, 1.807) is 16.8 Å². The van der Waals surface area contributed by atoms with Gasteiger partial charge in [-0.1, -0.05) is 0 Å². The van der Waals surface area contributed by atoms with Crippen LogP contribution in [0.3, 0.4) is 0 Å². The Hall–Kier alpha value is -1.14. The molecule has 4 N–H and O–H groups in total. The maximum absolute atomic E-state index is 10.3. The second-order valence-electron chi connectivity index (χ2n) is 2.45. The summed E-state index contributed by atoms with van der Waals surface area (Å²) < 4.78 is 0. The lowest BCUT2D eigenvalue weighted by molar-refractivity contribution is 0.249. The number of nitrogens with zero attached hydrogens (tertiary/aromatic N) is 1. The minimum Gasteiger partial charge on any atom is -0.352 e. The Balaban J connectivity index is 1.99. The Labute approximate surface area is 80.4 Å². The highest BCUT2D eigenvalue weighted by molar-refractivity contribution is 7.07. The van der Waals surface area contributed by atoms with Gasteiger partial charge in [0.2, 0.25) is 0 Å². The van der Waals surface area contributed by atoms with Crippen molar-refractivity contribution in [1.82, 2.24) is 15.6 Å². The van der Waals surface area contributed by atoms with Crippen LogP contribution in [0.4, 0.5) is 4.79 Å². The normalized spacial score (nSPS) is 9.85. The topological polar surface area (TPSA) is 80.0 Å². The molecule has 1 heterocycles. The lowest BCUT2D eigenvalue weighted by Gasteiger charge is -2.02. The molecular formula is C7H12N4OS. The van der Waals surface area contributed by atoms with Crippen molar-refractivity contribution >= 4 is 17.4 Å². The predicted octanol–water partition coefficient (Wildman–Crippen LogP) is -0.0990. The first-order valence-electron chi connectivity index (χ1n) is 3.90. The van der Waals surface area contributed by atoms with Crippen LogP contribution in [0.15, 0.2) is 10.9 Å². The van der Waals surface area contributed by atoms with Crippen molar-refractivity contribution in [3.8, 4) is 0 Å². The van der Waals surface area contributed by atoms with Crippen LogP contribution in [-0.2, 0) is 6.54 Å². The Morgan fingerprint density at radius 1 is 1.62 bits per heavy atom. The number of nitrogens with two attached hydrogens (primary N) is 1. The average Bonchev–Trinajstić information content (AvgIpc) is 2.55. The van der Waals surface area contributed by atoms with Gasteiger partial charge in [0.1, 0.15) is 0 Å². The largest absolute Gasteiger partial charge is 0.352 e. The number of rotatable bonds is 5. The van der Waals surface area contributed by atoms with Crippen molar-refractivity contribution in [2.24, 2.45) is 5.73 Å². The lowest BCUT2D eigenvalue weighted by atomic mass is 10.5. The molecule has 0 saturated carbocycles. The summed E-state index contributed by atoms with van der Waals surface area (Å²) in [5, 5.41) is 7.58. The number of primary amides is 1. The van der Waals surface area contributed by atoms with E-state index in [1.165, 1.54) is 0 Å². The number of urea groups is 1. The van der Waals surface area contributed by atoms with E-state index in [-0.39, 0.29) is 0 Å². The number of carbonyl (C=O) groups is 1. The van der Waals surface area contributed by atoms with Crippen LogP contribution in [0.5, 0.6) is 0 Å². The SMILES string of the molecule is NC(=O)NCCNCc1cscn1. The molecule has 6 heteroatoms. The highest BCUT2D eigenvalue weighted by Gasteiger charge is 1.94. The van der Waals surface area contributed by atoms with Gasteiger partial charge in [-0.05, 0) is 0 Å². The van der Waals surface area contributed by atoms with E-state index in [2.05, 4.69) is 15.6 Å². The maximum atomic E-state index is 10.3. The Bertz CT molecular complexity index is 249. The summed E-state index contributed by atoms with van der Waals surface area (Å²) in [5.41, 5.74) is 7.69. The van der Waals surface area contributed by atoms with Gasteiger partial charge in [0.15, 0.2) is 0 Å². The van der Waals surface area contributed by atoms with Crippen LogP contribution in [0, 0.1) is 0 Å². The van der Waals surface area contributed by atoms with E-state index in [0.717, 1.165) is 12.2 Å². The highest BCUT2D eigenvalue weighted by atomic mass is 32.1. The number of nitrogens with one attached hydrogen (secondary N) is 2. The smallest absolute Gasteiger partial charge is 0.312 e. The fourth-order valence-corrected chi connectivity index (χ4v) is 1.37. The van der Waals surface area contributed by atoms with E-state index >= 15 is 0 Å². The molecule has 0 radical (unpaired) electrons. The zero-order valence-electron chi connectivity index (χ0n) is 7.12. The Morgan fingerprint density at radius 3 is 3.08 bits per heavy atom. The second-order valence-corrected chi connectivity index (χ2v) is 3.17. The molecule has 0 aromatic carbocycles. The number of hydrogen-bond acceptors (Lipinski definition) is 4. The summed E-state index contributed by atoms with van der Waals surface area (Å²) >= 11 is 1.57. The van der Waals surface area contributed by atoms with Crippen LogP contribution in [0.2, 0.25) is 0 Å². The summed E-state index contributed by atoms with van der Waals surface area (Å²) in [7, 11) is 0. The molecule has 0 unspecified atom stereocenters. The number of aromatic nitrogens is 1. The summed E-state index contributed by atoms with van der Waals surface area (Å²) in [4.78, 5) is 14.4. The molecule has 72 valence electrons. The molecule has 1 aromatic heterocycles. The minimum absolute atomic E-state index is 0.490. The van der Waals surface area contributed by atoms with E-state index in [4.69, 9.17) is 5.73 Å². The fraction of sp³-hybridized carbons (Fsp3) is 0.429. The molecule has 0 spiro atoms. The zero-order valence-corrected chi connectivity index (χ0v) is 7.93. The first-order chi connectivity index (χ1) is 6.29. The van der Waals surface area contributed by atoms with Crippen LogP contribution >= 0.6 is 11.3 Å². The molecule has 1 aromatic rings. The van der Waals surface area contributed by atoms with Crippen LogP contribution in [0.25, 0.3) is 0 Å². The van der Waals surface area contributed by atoms with E-state index in [0.29, 0.717) is 13.1 Å². The Kier molecular flexibility index (Phi) is 4.20. The zero-order chi connectivity index (χ0) is 9.52. The van der Waals surface area contributed by atoms with Crippen molar-refractivity contribution in [2.75, 3.05) is 13.1 Å². The predicted molar refractivity (Wildman–Crippen MR) is 51.4 cm³/mol. The molecule has 0 atom stereocenters. The van der Waals surface area contributed by atoms with Gasteiger partial charge in [0.25, 0.3) is 0 Å². The summed E-state index contributed by atoms with van der Waals surface area (Å²) in [6.45, 7) is 1.96. The van der Waals surface area contributed by atoms with Crippen LogP contribution in [0.1, 0.15) is 5.69 Å². The molecule has 0 bridgehead atoms. The summed E-state index contributed by atoms with van der Waals surface area (Å²) in [5.74, 6) is 0. The van der Waals surface area contributed by atoms with Gasteiger partial charge < -0.3 is 16.4 Å². The van der Waals surface area contributed by atoms with Gasteiger partial charge in [-0.2, -0.15) is 0 Å². The van der Waals surface area contributed by atoms with Gasteiger partial charge in [-0.15, -0.1) is 11.3 Å². The molecule has 5 nitrogen and oxygen atoms in total. The van der Waals surface area contributed by atoms with Crippen molar-refractivity contribution in [3.63, 3.8) is 0 Å². The molecule has 0 aliphatic carbocycles. The summed E-state index contributed by atoms with van der Waals surface area (Å²) in [6, 6.07) is -0.490. The minimum atomic E-state index is -0.490. The first kappa shape index (κ1) is 9.94. The van der Waals surface area contributed by atoms with Gasteiger partial charge >= 0.3 is 6.03 Å². The molecule has 2 amide bonds. The molecule has 0 aliphatic rings. The quantitative estimate of drug-likeness (QED) is 0.581. The molecule has 0 saturated heterocycles. The maximum Gasteiger partial charge on any atom is 0.312 e. The molecular weight excluding hydrogens is 188 g/mol. The van der Waals surface area contributed by atoms with E-state index in [9.17, 15) is 4.79 Å². The fourth-order valence-electron chi connectivity index (χ4n) is 0.815. The second kappa shape index (κ2) is 5.50. The first-order valence-corrected chi connectivity index (χ1v) is 4.84. The van der Waals surface area contributed by atoms with Crippen molar-refractivity contribution in [2.45, 2.75) is 6.54 Å². The molecule has 0 aliphatic heterocycles. The standard InChI is InChI=1S/C7H12N4OS/c8-7(12)10-2-1-9-3-6-4-13-5-11-6/h4-5,9H,1-3H2,(H3,8,10,12). The van der Waals surface area contributed by atoms with Crippen molar-refractivity contribution in [1.29, 1.82) is 0 Å². The van der Waals surface area contributed by atoms with E-state index in [1.807, 2.05) is 5.38 Å². The molecule has 0 fully saturated rings. The van der Waals surface area contributed by atoms with Gasteiger partial charge in [-0.3, -0.25) is 0 Å². The highest BCUT2D eigenvalue weighted by Crippen LogP contribution is 1.98. The monoisotopic (exact) mass is 200 g/mol. The van der Waals surface area contributed by atoms with Crippen LogP contribution in [-0.4, -0.2) is 24.1 Å². The van der Waals surface area contributed by atoms with Crippen LogP contribution < -0.4 is 16.4 Å². The number of thiazole rings is 1. The van der Waals surface area contributed by atoms with E-state index < -0.39 is 6.03 Å². The number of carbonyl (C=O) groups excluding carboxylic acids is 1. The van der Waals surface area contributed by atoms with Gasteiger partial charge in [0, 0.05) is 25.0 Å². The third-order valence-electron chi connectivity index (χ3n) is 1.39.